The van der Waals surface area contributed by atoms with Crippen LogP contribution in [0.5, 0.6) is 0 Å². The number of likely N-dealkylation sites (N-methyl/N-ethyl adjacent to an activating group) is 1. The molecule has 0 aliphatic carbocycles. The van der Waals surface area contributed by atoms with Crippen LogP contribution < -0.4 is 5.32 Å². The van der Waals surface area contributed by atoms with E-state index < -0.39 is 34.3 Å². The van der Waals surface area contributed by atoms with Gasteiger partial charge in [0.25, 0.3) is 11.8 Å². The van der Waals surface area contributed by atoms with Crippen molar-refractivity contribution in [1.82, 2.24) is 9.21 Å². The summed E-state index contributed by atoms with van der Waals surface area (Å²) in [7, 11) is -1.10. The number of hydrogen-bond donors (Lipinski definition) is 1. The van der Waals surface area contributed by atoms with Gasteiger partial charge in [-0.2, -0.15) is 4.31 Å². The minimum atomic E-state index is -3.79. The number of rotatable bonds is 5. The van der Waals surface area contributed by atoms with Gasteiger partial charge in [0.1, 0.15) is 0 Å². The van der Waals surface area contributed by atoms with E-state index in [1.165, 1.54) is 44.4 Å². The monoisotopic (exact) mass is 387 g/mol. The minimum Gasteiger partial charge on any atom is -0.325 e. The quantitative estimate of drug-likeness (QED) is 0.776. The maximum Gasteiger partial charge on any atom is 0.261 e. The van der Waals surface area contributed by atoms with E-state index >= 15 is 0 Å². The van der Waals surface area contributed by atoms with Crippen LogP contribution in [0.15, 0.2) is 53.4 Å². The molecule has 27 heavy (non-hydrogen) atoms. The molecule has 1 heterocycles. The standard InChI is InChI=1S/C18H17N3O5S/c1-20(27(25,26)13-6-4-3-5-7-13)11-16(22)19-12-8-9-14-15(10-12)18(24)21(2)17(14)23/h3-10H,11H2,1-2H3,(H,19,22). The van der Waals surface area contributed by atoms with Crippen molar-refractivity contribution >= 4 is 33.4 Å². The normalized spacial score (nSPS) is 13.8. The molecule has 0 unspecified atom stereocenters. The number of sulfonamides is 1. The van der Waals surface area contributed by atoms with E-state index in [9.17, 15) is 22.8 Å². The first-order chi connectivity index (χ1) is 12.7. The van der Waals surface area contributed by atoms with Crippen molar-refractivity contribution in [3.8, 4) is 0 Å². The van der Waals surface area contributed by atoms with E-state index in [1.807, 2.05) is 0 Å². The van der Waals surface area contributed by atoms with Crippen LogP contribution >= 0.6 is 0 Å². The van der Waals surface area contributed by atoms with Crippen LogP contribution in [0.3, 0.4) is 0 Å². The lowest BCUT2D eigenvalue weighted by Gasteiger charge is -2.17. The molecule has 0 atom stereocenters. The largest absolute Gasteiger partial charge is 0.325 e. The molecule has 3 amide bonds. The molecule has 8 nitrogen and oxygen atoms in total. The zero-order valence-corrected chi connectivity index (χ0v) is 15.5. The molecule has 3 rings (SSSR count). The van der Waals surface area contributed by atoms with Gasteiger partial charge in [-0.05, 0) is 30.3 Å². The molecule has 0 aromatic heterocycles. The number of fused-ring (bicyclic) bond motifs is 1. The van der Waals surface area contributed by atoms with Crippen LogP contribution in [0, 0.1) is 0 Å². The predicted molar refractivity (Wildman–Crippen MR) is 97.8 cm³/mol. The molecule has 1 aliphatic heterocycles. The van der Waals surface area contributed by atoms with Gasteiger partial charge in [0.2, 0.25) is 15.9 Å². The van der Waals surface area contributed by atoms with Gasteiger partial charge in [-0.3, -0.25) is 19.3 Å². The summed E-state index contributed by atoms with van der Waals surface area (Å²) >= 11 is 0. The number of nitrogens with one attached hydrogen (secondary N) is 1. The number of carbonyl (C=O) groups is 3. The van der Waals surface area contributed by atoms with E-state index in [0.717, 1.165) is 9.21 Å². The lowest BCUT2D eigenvalue weighted by atomic mass is 10.1. The number of hydrogen-bond acceptors (Lipinski definition) is 5. The van der Waals surface area contributed by atoms with Crippen LogP contribution in [0.2, 0.25) is 0 Å². The van der Waals surface area contributed by atoms with Crippen molar-refractivity contribution in [3.05, 3.63) is 59.7 Å². The highest BCUT2D eigenvalue weighted by atomic mass is 32.2. The van der Waals surface area contributed by atoms with E-state index in [1.54, 1.807) is 18.2 Å². The van der Waals surface area contributed by atoms with E-state index in [-0.39, 0.29) is 16.0 Å². The molecular weight excluding hydrogens is 370 g/mol. The summed E-state index contributed by atoms with van der Waals surface area (Å²) in [6.07, 6.45) is 0. The number of benzene rings is 2. The van der Waals surface area contributed by atoms with Gasteiger partial charge in [-0.1, -0.05) is 18.2 Å². The fraction of sp³-hybridized carbons (Fsp3) is 0.167. The van der Waals surface area contributed by atoms with Gasteiger partial charge in [0.15, 0.2) is 0 Å². The number of amides is 3. The Morgan fingerprint density at radius 2 is 1.67 bits per heavy atom. The molecule has 0 spiro atoms. The SMILES string of the molecule is CN1C(=O)c2ccc(NC(=O)CN(C)S(=O)(=O)c3ccccc3)cc2C1=O. The Balaban J connectivity index is 1.72. The number of imide groups is 1. The first kappa shape index (κ1) is 18.7. The van der Waals surface area contributed by atoms with Crippen LogP contribution in [0.4, 0.5) is 5.69 Å². The van der Waals surface area contributed by atoms with Gasteiger partial charge in [0, 0.05) is 19.8 Å². The Hall–Kier alpha value is -3.04. The second kappa shape index (κ2) is 6.93. The number of anilines is 1. The van der Waals surface area contributed by atoms with Crippen molar-refractivity contribution < 1.29 is 22.8 Å². The molecule has 140 valence electrons. The molecule has 0 fully saturated rings. The fourth-order valence-corrected chi connectivity index (χ4v) is 3.85. The summed E-state index contributed by atoms with van der Waals surface area (Å²) in [5.74, 6) is -1.42. The zero-order chi connectivity index (χ0) is 19.8. The summed E-state index contributed by atoms with van der Waals surface area (Å²) in [5, 5.41) is 2.55. The van der Waals surface area contributed by atoms with Crippen molar-refractivity contribution in [2.45, 2.75) is 4.90 Å². The highest BCUT2D eigenvalue weighted by molar-refractivity contribution is 7.89. The van der Waals surface area contributed by atoms with Crippen molar-refractivity contribution in [2.75, 3.05) is 26.0 Å². The highest BCUT2D eigenvalue weighted by Crippen LogP contribution is 2.24. The van der Waals surface area contributed by atoms with Crippen molar-refractivity contribution in [1.29, 1.82) is 0 Å². The van der Waals surface area contributed by atoms with Crippen LogP contribution in [0.25, 0.3) is 0 Å². The van der Waals surface area contributed by atoms with Crippen LogP contribution in [-0.4, -0.2) is 56.0 Å². The van der Waals surface area contributed by atoms with Gasteiger partial charge < -0.3 is 5.32 Å². The van der Waals surface area contributed by atoms with Gasteiger partial charge >= 0.3 is 0 Å². The Kier molecular flexibility index (Phi) is 4.81. The highest BCUT2D eigenvalue weighted by Gasteiger charge is 2.33. The Morgan fingerprint density at radius 1 is 1.04 bits per heavy atom. The minimum absolute atomic E-state index is 0.0879. The number of nitrogens with zero attached hydrogens (tertiary/aromatic N) is 2. The van der Waals surface area contributed by atoms with Crippen LogP contribution in [0.1, 0.15) is 20.7 Å². The summed E-state index contributed by atoms with van der Waals surface area (Å²) in [5.41, 5.74) is 0.774. The molecule has 1 aliphatic rings. The lowest BCUT2D eigenvalue weighted by molar-refractivity contribution is -0.116. The smallest absolute Gasteiger partial charge is 0.261 e. The summed E-state index contributed by atoms with van der Waals surface area (Å²) in [4.78, 5) is 37.2. The lowest BCUT2D eigenvalue weighted by Crippen LogP contribution is -2.35. The summed E-state index contributed by atoms with van der Waals surface area (Å²) in [6, 6.07) is 12.1. The zero-order valence-electron chi connectivity index (χ0n) is 14.7. The summed E-state index contributed by atoms with van der Waals surface area (Å²) < 4.78 is 25.8. The van der Waals surface area contributed by atoms with Crippen molar-refractivity contribution in [2.24, 2.45) is 0 Å². The Morgan fingerprint density at radius 3 is 2.33 bits per heavy atom. The molecule has 0 saturated carbocycles. The molecule has 2 aromatic rings. The third kappa shape index (κ3) is 3.46. The fourth-order valence-electron chi connectivity index (χ4n) is 2.70. The molecule has 0 bridgehead atoms. The Labute approximate surface area is 156 Å². The third-order valence-electron chi connectivity index (χ3n) is 4.19. The summed E-state index contributed by atoms with van der Waals surface area (Å²) in [6.45, 7) is -0.402. The van der Waals surface area contributed by atoms with E-state index in [4.69, 9.17) is 0 Å². The second-order valence-corrected chi connectivity index (χ2v) is 8.10. The van der Waals surface area contributed by atoms with Crippen molar-refractivity contribution in [3.63, 3.8) is 0 Å². The molecule has 9 heteroatoms. The van der Waals surface area contributed by atoms with Gasteiger partial charge in [-0.25, -0.2) is 8.42 Å². The van der Waals surface area contributed by atoms with Gasteiger partial charge in [0.05, 0.1) is 22.6 Å². The third-order valence-corrected chi connectivity index (χ3v) is 6.01. The predicted octanol–water partition coefficient (Wildman–Crippen LogP) is 1.17. The molecule has 0 radical (unpaired) electrons. The number of carbonyl (C=O) groups excluding carboxylic acids is 3. The molecule has 2 aromatic carbocycles. The maximum absolute atomic E-state index is 12.4. The first-order valence-corrected chi connectivity index (χ1v) is 9.43. The maximum atomic E-state index is 12.4. The average Bonchev–Trinajstić information content (AvgIpc) is 2.86. The second-order valence-electron chi connectivity index (χ2n) is 6.05. The van der Waals surface area contributed by atoms with E-state index in [0.29, 0.717) is 5.69 Å². The van der Waals surface area contributed by atoms with Gasteiger partial charge in [-0.15, -0.1) is 0 Å². The first-order valence-electron chi connectivity index (χ1n) is 7.99. The van der Waals surface area contributed by atoms with Crippen LogP contribution in [-0.2, 0) is 14.8 Å². The molecular formula is C18H17N3O5S. The average molecular weight is 387 g/mol. The van der Waals surface area contributed by atoms with E-state index in [2.05, 4.69) is 5.32 Å². The molecule has 1 N–H and O–H groups in total. The Bertz CT molecular complexity index is 1030. The molecule has 0 saturated heterocycles. The topological polar surface area (TPSA) is 104 Å².